The molecule has 0 saturated carbocycles. The van der Waals surface area contributed by atoms with Gasteiger partial charge in [0, 0.05) is 23.8 Å². The zero-order chi connectivity index (χ0) is 22.9. The van der Waals surface area contributed by atoms with Gasteiger partial charge < -0.3 is 10.1 Å². The highest BCUT2D eigenvalue weighted by atomic mass is 35.5. The predicted molar refractivity (Wildman–Crippen MR) is 115 cm³/mol. The number of carbonyl (C=O) groups excluding carboxylic acids is 1. The maximum Gasteiger partial charge on any atom is 0.405 e. The average molecular weight is 464 g/mol. The van der Waals surface area contributed by atoms with Crippen LogP contribution in [0.5, 0.6) is 5.75 Å². The molecule has 2 N–H and O–H groups in total. The number of halogens is 4. The average Bonchev–Trinajstić information content (AvgIpc) is 3.43. The van der Waals surface area contributed by atoms with E-state index in [0.29, 0.717) is 29.1 Å². The van der Waals surface area contributed by atoms with Crippen molar-refractivity contribution in [3.63, 3.8) is 0 Å². The lowest BCUT2D eigenvalue weighted by molar-refractivity contribution is -0.123. The van der Waals surface area contributed by atoms with Gasteiger partial charge >= 0.3 is 6.18 Å². The number of aromatic amines is 1. The summed E-state index contributed by atoms with van der Waals surface area (Å²) in [5.74, 6) is -0.730. The van der Waals surface area contributed by atoms with Crippen molar-refractivity contribution in [2.45, 2.75) is 19.0 Å². The number of aromatic nitrogens is 2. The quantitative estimate of drug-likeness (QED) is 0.570. The molecule has 32 heavy (non-hydrogen) atoms. The van der Waals surface area contributed by atoms with Gasteiger partial charge in [-0.25, -0.2) is 0 Å². The molecule has 0 atom stereocenters. The van der Waals surface area contributed by atoms with E-state index < -0.39 is 18.6 Å². The van der Waals surface area contributed by atoms with E-state index in [0.717, 1.165) is 22.2 Å². The van der Waals surface area contributed by atoms with Crippen LogP contribution >= 0.6 is 11.6 Å². The number of amides is 1. The number of hydrogen-bond donors (Lipinski definition) is 2. The SMILES string of the molecule is COc1cc(C2=NN=C(Cc3ccc4[nH]ncc4c3Cl)C2)ccc1C(=O)NCC(F)(F)F. The Morgan fingerprint density at radius 2 is 2.06 bits per heavy atom. The van der Waals surface area contributed by atoms with Crippen LogP contribution in [0.1, 0.15) is 27.9 Å². The molecule has 4 rings (SSSR count). The summed E-state index contributed by atoms with van der Waals surface area (Å²) in [7, 11) is 1.34. The molecule has 1 aliphatic heterocycles. The molecule has 0 fully saturated rings. The molecule has 0 saturated heterocycles. The largest absolute Gasteiger partial charge is 0.496 e. The fourth-order valence-corrected chi connectivity index (χ4v) is 3.65. The molecular formula is C21H17ClF3N5O2. The monoisotopic (exact) mass is 463 g/mol. The van der Waals surface area contributed by atoms with E-state index in [4.69, 9.17) is 16.3 Å². The number of H-pyrrole nitrogens is 1. The van der Waals surface area contributed by atoms with Crippen molar-refractivity contribution in [1.82, 2.24) is 15.5 Å². The minimum Gasteiger partial charge on any atom is -0.496 e. The summed E-state index contributed by atoms with van der Waals surface area (Å²) in [6.07, 6.45) is -1.87. The molecule has 1 amide bonds. The molecule has 0 aliphatic carbocycles. The number of carbonyl (C=O) groups is 1. The first-order valence-electron chi connectivity index (χ1n) is 9.51. The topological polar surface area (TPSA) is 91.7 Å². The molecule has 3 aromatic rings. The zero-order valence-corrected chi connectivity index (χ0v) is 17.5. The number of nitrogens with one attached hydrogen (secondary N) is 2. The highest BCUT2D eigenvalue weighted by Gasteiger charge is 2.28. The van der Waals surface area contributed by atoms with E-state index in [1.807, 2.05) is 17.4 Å². The summed E-state index contributed by atoms with van der Waals surface area (Å²) < 4.78 is 42.3. The number of nitrogens with zero attached hydrogens (tertiary/aromatic N) is 3. The highest BCUT2D eigenvalue weighted by molar-refractivity contribution is 6.36. The van der Waals surface area contributed by atoms with Crippen molar-refractivity contribution in [3.8, 4) is 5.75 Å². The summed E-state index contributed by atoms with van der Waals surface area (Å²) in [6, 6.07) is 8.37. The van der Waals surface area contributed by atoms with Crippen molar-refractivity contribution < 1.29 is 22.7 Å². The maximum atomic E-state index is 12.4. The lowest BCUT2D eigenvalue weighted by Gasteiger charge is -2.12. The van der Waals surface area contributed by atoms with Gasteiger partial charge in [0.05, 0.1) is 40.8 Å². The van der Waals surface area contributed by atoms with Crippen LogP contribution in [0.3, 0.4) is 0 Å². The Hall–Kier alpha value is -3.40. The normalized spacial score (nSPS) is 13.8. The van der Waals surface area contributed by atoms with E-state index in [9.17, 15) is 18.0 Å². The molecule has 1 aromatic heterocycles. The lowest BCUT2D eigenvalue weighted by Crippen LogP contribution is -2.33. The van der Waals surface area contributed by atoms with Gasteiger partial charge in [-0.3, -0.25) is 9.89 Å². The Labute approximate surface area is 185 Å². The van der Waals surface area contributed by atoms with Crippen LogP contribution in [0.2, 0.25) is 5.02 Å². The van der Waals surface area contributed by atoms with Gasteiger partial charge in [-0.15, -0.1) is 0 Å². The maximum absolute atomic E-state index is 12.4. The molecule has 1 aliphatic rings. The summed E-state index contributed by atoms with van der Waals surface area (Å²) >= 11 is 6.48. The van der Waals surface area contributed by atoms with Crippen LogP contribution in [0.25, 0.3) is 10.9 Å². The summed E-state index contributed by atoms with van der Waals surface area (Å²) in [4.78, 5) is 12.1. The number of ether oxygens (including phenoxy) is 1. The molecule has 0 spiro atoms. The van der Waals surface area contributed by atoms with Crippen molar-refractivity contribution >= 4 is 39.8 Å². The van der Waals surface area contributed by atoms with Gasteiger partial charge in [0.25, 0.3) is 5.91 Å². The van der Waals surface area contributed by atoms with Crippen LogP contribution in [-0.2, 0) is 6.42 Å². The Morgan fingerprint density at radius 3 is 2.81 bits per heavy atom. The van der Waals surface area contributed by atoms with Gasteiger partial charge in [0.2, 0.25) is 0 Å². The van der Waals surface area contributed by atoms with Crippen molar-refractivity contribution in [2.24, 2.45) is 10.2 Å². The van der Waals surface area contributed by atoms with E-state index in [2.05, 4.69) is 20.4 Å². The van der Waals surface area contributed by atoms with Gasteiger partial charge in [0.1, 0.15) is 12.3 Å². The number of hydrogen-bond acceptors (Lipinski definition) is 5. The van der Waals surface area contributed by atoms with Gasteiger partial charge in [-0.05, 0) is 23.8 Å². The Bertz CT molecular complexity index is 1250. The summed E-state index contributed by atoms with van der Waals surface area (Å²) in [5, 5.41) is 18.6. The second-order valence-corrected chi connectivity index (χ2v) is 7.53. The molecular weight excluding hydrogens is 447 g/mol. The molecule has 0 bridgehead atoms. The second-order valence-electron chi connectivity index (χ2n) is 7.15. The van der Waals surface area contributed by atoms with Gasteiger partial charge in [-0.1, -0.05) is 23.7 Å². The number of methoxy groups -OCH3 is 1. The van der Waals surface area contributed by atoms with Crippen molar-refractivity contribution in [1.29, 1.82) is 0 Å². The molecule has 166 valence electrons. The molecule has 7 nitrogen and oxygen atoms in total. The third-order valence-corrected chi connectivity index (χ3v) is 5.39. The van der Waals surface area contributed by atoms with Gasteiger partial charge in [0.15, 0.2) is 0 Å². The van der Waals surface area contributed by atoms with Crippen LogP contribution in [-0.4, -0.2) is 47.4 Å². The number of fused-ring (bicyclic) bond motifs is 1. The lowest BCUT2D eigenvalue weighted by atomic mass is 9.99. The Kier molecular flexibility index (Phi) is 5.88. The number of rotatable bonds is 6. The van der Waals surface area contributed by atoms with Crippen LogP contribution in [0.4, 0.5) is 13.2 Å². The fraction of sp³-hybridized carbons (Fsp3) is 0.238. The Morgan fingerprint density at radius 1 is 1.25 bits per heavy atom. The first-order valence-corrected chi connectivity index (χ1v) is 9.89. The minimum atomic E-state index is -4.50. The van der Waals surface area contributed by atoms with E-state index in [1.54, 1.807) is 18.3 Å². The summed E-state index contributed by atoms with van der Waals surface area (Å²) in [5.41, 5.74) is 3.85. The van der Waals surface area contributed by atoms with Crippen molar-refractivity contribution in [3.05, 3.63) is 58.2 Å². The molecule has 11 heteroatoms. The summed E-state index contributed by atoms with van der Waals surface area (Å²) in [6.45, 7) is -1.42. The Balaban J connectivity index is 1.46. The second kappa shape index (κ2) is 8.62. The van der Waals surface area contributed by atoms with E-state index in [-0.39, 0.29) is 11.3 Å². The van der Waals surface area contributed by atoms with E-state index in [1.165, 1.54) is 13.2 Å². The third kappa shape index (κ3) is 4.59. The number of benzene rings is 2. The smallest absolute Gasteiger partial charge is 0.405 e. The standard InChI is InChI=1S/C21H17ClF3N5O2/c1-32-18-7-11(2-4-14(18)20(31)26-10-21(23,24)25)17-8-13(28-30-17)6-12-3-5-16-15(19(12)22)9-27-29-16/h2-5,7,9H,6,8,10H2,1H3,(H,26,31)(H,27,29). The molecule has 2 heterocycles. The van der Waals surface area contributed by atoms with Crippen molar-refractivity contribution in [2.75, 3.05) is 13.7 Å². The van der Waals surface area contributed by atoms with Gasteiger partial charge in [-0.2, -0.15) is 28.5 Å². The number of alkyl halides is 3. The predicted octanol–water partition coefficient (Wildman–Crippen LogP) is 4.31. The molecule has 0 unspecified atom stereocenters. The third-order valence-electron chi connectivity index (χ3n) is 4.95. The highest BCUT2D eigenvalue weighted by Crippen LogP contribution is 2.28. The van der Waals surface area contributed by atoms with Crippen LogP contribution in [0.15, 0.2) is 46.7 Å². The van der Waals surface area contributed by atoms with E-state index >= 15 is 0 Å². The first kappa shape index (κ1) is 21.8. The zero-order valence-electron chi connectivity index (χ0n) is 16.8. The molecule has 0 radical (unpaired) electrons. The first-order chi connectivity index (χ1) is 15.2. The molecule has 2 aromatic carbocycles. The minimum absolute atomic E-state index is 0.000403. The van der Waals surface area contributed by atoms with Crippen LogP contribution < -0.4 is 10.1 Å². The van der Waals surface area contributed by atoms with Crippen LogP contribution in [0, 0.1) is 0 Å². The fourth-order valence-electron chi connectivity index (χ4n) is 3.37.